The van der Waals surface area contributed by atoms with Crippen molar-refractivity contribution in [1.82, 2.24) is 20.6 Å². The van der Waals surface area contributed by atoms with Crippen LogP contribution in [0.5, 0.6) is 0 Å². The van der Waals surface area contributed by atoms with Crippen LogP contribution in [0.25, 0.3) is 11.0 Å². The highest BCUT2D eigenvalue weighted by Crippen LogP contribution is 2.17. The lowest BCUT2D eigenvalue weighted by Gasteiger charge is -2.22. The summed E-state index contributed by atoms with van der Waals surface area (Å²) in [4.78, 5) is 19.1. The van der Waals surface area contributed by atoms with Gasteiger partial charge in [-0.15, -0.1) is 24.8 Å². The van der Waals surface area contributed by atoms with Crippen molar-refractivity contribution in [3.63, 3.8) is 0 Å². The maximum Gasteiger partial charge on any atom is 0.253 e. The molecule has 1 saturated heterocycles. The maximum atomic E-state index is 13.5. The molecule has 1 unspecified atom stereocenters. The van der Waals surface area contributed by atoms with Crippen LogP contribution in [-0.4, -0.2) is 35.5 Å². The van der Waals surface area contributed by atoms with Crippen LogP contribution in [0, 0.1) is 11.7 Å². The number of rotatable bonds is 3. The second kappa shape index (κ2) is 8.31. The molecular formula is C14H19Cl2FN4O. The average Bonchev–Trinajstić information content (AvgIpc) is 2.93. The van der Waals surface area contributed by atoms with E-state index < -0.39 is 5.82 Å². The number of amides is 1. The zero-order valence-electron chi connectivity index (χ0n) is 11.9. The Hall–Kier alpha value is -1.37. The molecule has 3 rings (SSSR count). The lowest BCUT2D eigenvalue weighted by Crippen LogP contribution is -2.38. The van der Waals surface area contributed by atoms with Gasteiger partial charge >= 0.3 is 0 Å². The summed E-state index contributed by atoms with van der Waals surface area (Å²) >= 11 is 0. The first-order valence-corrected chi connectivity index (χ1v) is 6.85. The third-order valence-corrected chi connectivity index (χ3v) is 3.68. The van der Waals surface area contributed by atoms with Crippen LogP contribution < -0.4 is 10.6 Å². The van der Waals surface area contributed by atoms with Gasteiger partial charge in [0.25, 0.3) is 5.91 Å². The van der Waals surface area contributed by atoms with Gasteiger partial charge in [-0.25, -0.2) is 9.37 Å². The summed E-state index contributed by atoms with van der Waals surface area (Å²) in [5.41, 5.74) is 1.32. The Balaban J connectivity index is 0.00000121. The SMILES string of the molecule is Cl.Cl.O=C(NCC1CCCNC1)c1cc(F)cc2[nH]cnc12. The molecule has 1 aliphatic rings. The van der Waals surface area contributed by atoms with Crippen molar-refractivity contribution in [2.24, 2.45) is 5.92 Å². The number of H-pyrrole nitrogens is 1. The molecule has 122 valence electrons. The van der Waals surface area contributed by atoms with Crippen LogP contribution in [0.15, 0.2) is 18.5 Å². The molecule has 22 heavy (non-hydrogen) atoms. The molecule has 5 nitrogen and oxygen atoms in total. The monoisotopic (exact) mass is 348 g/mol. The fourth-order valence-corrected chi connectivity index (χ4v) is 2.62. The molecule has 0 radical (unpaired) electrons. The second-order valence-corrected chi connectivity index (χ2v) is 5.17. The molecule has 0 aliphatic carbocycles. The summed E-state index contributed by atoms with van der Waals surface area (Å²) in [6.07, 6.45) is 3.70. The third-order valence-electron chi connectivity index (χ3n) is 3.68. The second-order valence-electron chi connectivity index (χ2n) is 5.17. The van der Waals surface area contributed by atoms with Gasteiger partial charge in [0.05, 0.1) is 17.4 Å². The zero-order valence-corrected chi connectivity index (χ0v) is 13.5. The lowest BCUT2D eigenvalue weighted by molar-refractivity contribution is 0.0946. The van der Waals surface area contributed by atoms with E-state index in [0.29, 0.717) is 23.5 Å². The number of piperidine rings is 1. The standard InChI is InChI=1S/C14H17FN4O.2ClH/c15-10-4-11(13-12(5-10)18-8-19-13)14(20)17-7-9-2-1-3-16-6-9;;/h4-5,8-9,16H,1-3,6-7H2,(H,17,20)(H,18,19);2*1H. The molecule has 1 aliphatic heterocycles. The third kappa shape index (κ3) is 4.09. The van der Waals surface area contributed by atoms with Gasteiger partial charge in [-0.3, -0.25) is 4.79 Å². The first-order chi connectivity index (χ1) is 9.74. The fourth-order valence-electron chi connectivity index (χ4n) is 2.62. The van der Waals surface area contributed by atoms with Crippen molar-refractivity contribution < 1.29 is 9.18 Å². The van der Waals surface area contributed by atoms with Gasteiger partial charge in [0.1, 0.15) is 11.3 Å². The number of benzene rings is 1. The molecule has 2 aromatic rings. The Bertz CT molecular complexity index is 628. The number of hydrogen-bond acceptors (Lipinski definition) is 3. The van der Waals surface area contributed by atoms with Crippen LogP contribution >= 0.6 is 24.8 Å². The molecule has 1 fully saturated rings. The van der Waals surface area contributed by atoms with E-state index in [2.05, 4.69) is 20.6 Å². The van der Waals surface area contributed by atoms with E-state index in [0.717, 1.165) is 25.9 Å². The van der Waals surface area contributed by atoms with Crippen molar-refractivity contribution in [3.05, 3.63) is 29.8 Å². The van der Waals surface area contributed by atoms with E-state index >= 15 is 0 Å². The van der Waals surface area contributed by atoms with Gasteiger partial charge in [0.2, 0.25) is 0 Å². The van der Waals surface area contributed by atoms with E-state index in [4.69, 9.17) is 0 Å². The lowest BCUT2D eigenvalue weighted by atomic mass is 9.99. The van der Waals surface area contributed by atoms with Crippen LogP contribution in [0.4, 0.5) is 4.39 Å². The zero-order chi connectivity index (χ0) is 13.9. The molecule has 0 spiro atoms. The quantitative estimate of drug-likeness (QED) is 0.796. The largest absolute Gasteiger partial charge is 0.352 e. The van der Waals surface area contributed by atoms with E-state index in [1.165, 1.54) is 18.5 Å². The number of hydrogen-bond donors (Lipinski definition) is 3. The number of nitrogens with one attached hydrogen (secondary N) is 3. The number of aromatic amines is 1. The molecule has 3 N–H and O–H groups in total. The number of nitrogens with zero attached hydrogens (tertiary/aromatic N) is 1. The number of halogens is 3. The predicted molar refractivity (Wildman–Crippen MR) is 88.5 cm³/mol. The topological polar surface area (TPSA) is 69.8 Å². The molecule has 2 heterocycles. The Morgan fingerprint density at radius 2 is 2.23 bits per heavy atom. The van der Waals surface area contributed by atoms with Crippen molar-refractivity contribution in [2.45, 2.75) is 12.8 Å². The highest BCUT2D eigenvalue weighted by atomic mass is 35.5. The van der Waals surface area contributed by atoms with Crippen LogP contribution in [0.3, 0.4) is 0 Å². The summed E-state index contributed by atoms with van der Waals surface area (Å²) < 4.78 is 13.5. The highest BCUT2D eigenvalue weighted by molar-refractivity contribution is 6.04. The minimum Gasteiger partial charge on any atom is -0.352 e. The number of carbonyl (C=O) groups excluding carboxylic acids is 1. The van der Waals surface area contributed by atoms with Gasteiger partial charge in [-0.05, 0) is 44.0 Å². The van der Waals surface area contributed by atoms with Crippen LogP contribution in [-0.2, 0) is 0 Å². The fraction of sp³-hybridized carbons (Fsp3) is 0.429. The number of imidazole rings is 1. The van der Waals surface area contributed by atoms with Gasteiger partial charge in [0.15, 0.2) is 0 Å². The highest BCUT2D eigenvalue weighted by Gasteiger charge is 2.17. The Morgan fingerprint density at radius 1 is 1.41 bits per heavy atom. The first kappa shape index (κ1) is 18.7. The van der Waals surface area contributed by atoms with Crippen molar-refractivity contribution in [3.8, 4) is 0 Å². The molecule has 0 saturated carbocycles. The van der Waals surface area contributed by atoms with E-state index in [-0.39, 0.29) is 36.3 Å². The maximum absolute atomic E-state index is 13.5. The van der Waals surface area contributed by atoms with Gasteiger partial charge in [-0.2, -0.15) is 0 Å². The molecule has 1 atom stereocenters. The van der Waals surface area contributed by atoms with Crippen LogP contribution in [0.2, 0.25) is 0 Å². The van der Waals surface area contributed by atoms with E-state index in [1.807, 2.05) is 0 Å². The summed E-state index contributed by atoms with van der Waals surface area (Å²) in [5, 5.41) is 6.18. The minimum absolute atomic E-state index is 0. The molecular weight excluding hydrogens is 330 g/mol. The molecule has 0 bridgehead atoms. The van der Waals surface area contributed by atoms with Gasteiger partial charge in [-0.1, -0.05) is 0 Å². The summed E-state index contributed by atoms with van der Waals surface area (Å²) in [7, 11) is 0. The van der Waals surface area contributed by atoms with Crippen molar-refractivity contribution in [2.75, 3.05) is 19.6 Å². The summed E-state index contributed by atoms with van der Waals surface area (Å²) in [6.45, 7) is 2.57. The first-order valence-electron chi connectivity index (χ1n) is 6.85. The molecule has 8 heteroatoms. The van der Waals surface area contributed by atoms with E-state index in [9.17, 15) is 9.18 Å². The van der Waals surface area contributed by atoms with Gasteiger partial charge in [0, 0.05) is 6.54 Å². The number of carbonyl (C=O) groups is 1. The van der Waals surface area contributed by atoms with Crippen LogP contribution in [0.1, 0.15) is 23.2 Å². The van der Waals surface area contributed by atoms with Crippen molar-refractivity contribution >= 4 is 41.8 Å². The number of fused-ring (bicyclic) bond motifs is 1. The molecule has 1 aromatic heterocycles. The van der Waals surface area contributed by atoms with Gasteiger partial charge < -0.3 is 15.6 Å². The predicted octanol–water partition coefficient (Wildman–Crippen LogP) is 2.27. The summed E-state index contributed by atoms with van der Waals surface area (Å²) in [5.74, 6) is -0.269. The smallest absolute Gasteiger partial charge is 0.253 e. The Labute approximate surface area is 140 Å². The summed E-state index contributed by atoms with van der Waals surface area (Å²) in [6, 6.07) is 2.57. The molecule has 1 amide bonds. The Kier molecular flexibility index (Phi) is 7.06. The number of aromatic nitrogens is 2. The average molecular weight is 349 g/mol. The minimum atomic E-state index is -0.439. The normalized spacial score (nSPS) is 17.4. The molecule has 1 aromatic carbocycles. The van der Waals surface area contributed by atoms with Crippen molar-refractivity contribution in [1.29, 1.82) is 0 Å². The Morgan fingerprint density at radius 3 is 2.95 bits per heavy atom. The van der Waals surface area contributed by atoms with E-state index in [1.54, 1.807) is 0 Å².